The molecule has 0 amide bonds. The van der Waals surface area contributed by atoms with Gasteiger partial charge in [0.15, 0.2) is 0 Å². The summed E-state index contributed by atoms with van der Waals surface area (Å²) in [4.78, 5) is 0.431. The Hall–Kier alpha value is -0.910. The highest BCUT2D eigenvalue weighted by atomic mass is 32.2. The number of nitrogens with one attached hydrogen (secondary N) is 2. The van der Waals surface area contributed by atoms with Gasteiger partial charge in [-0.2, -0.15) is 0 Å². The Kier molecular flexibility index (Phi) is 4.10. The maximum Gasteiger partial charge on any atom is 0.241 e. The maximum atomic E-state index is 12.5. The number of sulfonamides is 1. The first-order valence-electron chi connectivity index (χ1n) is 7.49. The van der Waals surface area contributed by atoms with Crippen LogP contribution in [0.4, 0.5) is 0 Å². The zero-order valence-electron chi connectivity index (χ0n) is 11.6. The Bertz CT molecular complexity index is 561. The summed E-state index contributed by atoms with van der Waals surface area (Å²) in [6.07, 6.45) is 6.57. The summed E-state index contributed by atoms with van der Waals surface area (Å²) in [6.45, 7) is 0.631. The van der Waals surface area contributed by atoms with Crippen molar-refractivity contribution in [3.8, 4) is 0 Å². The monoisotopic (exact) mass is 294 g/mol. The van der Waals surface area contributed by atoms with Crippen LogP contribution in [0, 0.1) is 0 Å². The average Bonchev–Trinajstić information content (AvgIpc) is 3.13. The minimum Gasteiger partial charge on any atom is -0.310 e. The van der Waals surface area contributed by atoms with Crippen LogP contribution in [-0.2, 0) is 16.6 Å². The lowest BCUT2D eigenvalue weighted by Gasteiger charge is -2.15. The minimum atomic E-state index is -3.39. The number of hydrogen-bond donors (Lipinski definition) is 2. The predicted octanol–water partition coefficient (Wildman–Crippen LogP) is 2.16. The molecular weight excluding hydrogens is 272 g/mol. The summed E-state index contributed by atoms with van der Waals surface area (Å²) in [5.41, 5.74) is 0.866. The van der Waals surface area contributed by atoms with Gasteiger partial charge < -0.3 is 5.32 Å². The molecule has 2 N–H and O–H groups in total. The molecular formula is C15H22N2O2S. The molecule has 4 nitrogen and oxygen atoms in total. The van der Waals surface area contributed by atoms with Gasteiger partial charge >= 0.3 is 0 Å². The first-order chi connectivity index (χ1) is 9.65. The molecule has 0 heterocycles. The van der Waals surface area contributed by atoms with E-state index in [-0.39, 0.29) is 6.04 Å². The van der Waals surface area contributed by atoms with Crippen LogP contribution in [0.25, 0.3) is 0 Å². The van der Waals surface area contributed by atoms with Gasteiger partial charge in [0, 0.05) is 18.6 Å². The van der Waals surface area contributed by atoms with Crippen molar-refractivity contribution in [3.63, 3.8) is 0 Å². The second-order valence-electron chi connectivity index (χ2n) is 5.87. The molecule has 2 aliphatic carbocycles. The molecule has 1 aromatic carbocycles. The summed E-state index contributed by atoms with van der Waals surface area (Å²) in [7, 11) is -3.39. The van der Waals surface area contributed by atoms with Crippen LogP contribution in [-0.4, -0.2) is 20.5 Å². The van der Waals surface area contributed by atoms with E-state index >= 15 is 0 Å². The highest BCUT2D eigenvalue weighted by Crippen LogP contribution is 2.23. The third-order valence-electron chi connectivity index (χ3n) is 4.10. The Morgan fingerprint density at radius 1 is 1.00 bits per heavy atom. The van der Waals surface area contributed by atoms with Crippen LogP contribution < -0.4 is 10.0 Å². The lowest BCUT2D eigenvalue weighted by atomic mass is 10.2. The van der Waals surface area contributed by atoms with Crippen molar-refractivity contribution in [1.82, 2.24) is 10.0 Å². The van der Waals surface area contributed by atoms with Gasteiger partial charge in [-0.25, -0.2) is 13.1 Å². The van der Waals surface area contributed by atoms with E-state index in [0.717, 1.165) is 31.2 Å². The van der Waals surface area contributed by atoms with Gasteiger partial charge in [-0.1, -0.05) is 31.0 Å². The van der Waals surface area contributed by atoms with Gasteiger partial charge in [0.05, 0.1) is 4.90 Å². The van der Waals surface area contributed by atoms with Crippen molar-refractivity contribution in [1.29, 1.82) is 0 Å². The maximum absolute atomic E-state index is 12.5. The fourth-order valence-electron chi connectivity index (χ4n) is 2.78. The van der Waals surface area contributed by atoms with Gasteiger partial charge in [-0.3, -0.25) is 0 Å². The van der Waals surface area contributed by atoms with Crippen LogP contribution in [0.15, 0.2) is 29.2 Å². The van der Waals surface area contributed by atoms with E-state index in [4.69, 9.17) is 0 Å². The minimum absolute atomic E-state index is 0.115. The second kappa shape index (κ2) is 5.84. The van der Waals surface area contributed by atoms with Crippen molar-refractivity contribution < 1.29 is 8.42 Å². The van der Waals surface area contributed by atoms with Gasteiger partial charge in [0.25, 0.3) is 0 Å². The SMILES string of the molecule is O=S(=O)(NC1CCCC1)c1ccccc1CNC1CC1. The van der Waals surface area contributed by atoms with E-state index in [1.165, 1.54) is 12.8 Å². The van der Waals surface area contributed by atoms with E-state index in [1.54, 1.807) is 12.1 Å². The van der Waals surface area contributed by atoms with Crippen molar-refractivity contribution >= 4 is 10.0 Å². The molecule has 1 aromatic rings. The molecule has 0 atom stereocenters. The quantitative estimate of drug-likeness (QED) is 0.845. The molecule has 0 saturated heterocycles. The predicted molar refractivity (Wildman–Crippen MR) is 78.9 cm³/mol. The van der Waals surface area contributed by atoms with Crippen molar-refractivity contribution in [2.75, 3.05) is 0 Å². The van der Waals surface area contributed by atoms with Crippen LogP contribution >= 0.6 is 0 Å². The summed E-state index contributed by atoms with van der Waals surface area (Å²) < 4.78 is 27.9. The van der Waals surface area contributed by atoms with E-state index in [2.05, 4.69) is 10.0 Å². The summed E-state index contributed by atoms with van der Waals surface area (Å²) >= 11 is 0. The average molecular weight is 294 g/mol. The molecule has 0 radical (unpaired) electrons. The van der Waals surface area contributed by atoms with Crippen LogP contribution in [0.1, 0.15) is 44.1 Å². The topological polar surface area (TPSA) is 58.2 Å². The zero-order chi connectivity index (χ0) is 14.0. The molecule has 5 heteroatoms. The first-order valence-corrected chi connectivity index (χ1v) is 8.97. The molecule has 2 saturated carbocycles. The van der Waals surface area contributed by atoms with Gasteiger partial charge in [0.1, 0.15) is 0 Å². The summed E-state index contributed by atoms with van der Waals surface area (Å²) in [5, 5.41) is 3.39. The highest BCUT2D eigenvalue weighted by Gasteiger charge is 2.26. The van der Waals surface area contributed by atoms with Crippen molar-refractivity contribution in [2.45, 2.75) is 62.0 Å². The normalized spacial score (nSPS) is 20.4. The number of rotatable bonds is 6. The Morgan fingerprint density at radius 2 is 1.70 bits per heavy atom. The number of hydrogen-bond acceptors (Lipinski definition) is 3. The molecule has 0 spiro atoms. The summed E-state index contributed by atoms with van der Waals surface area (Å²) in [6, 6.07) is 8.00. The van der Waals surface area contributed by atoms with Crippen LogP contribution in [0.2, 0.25) is 0 Å². The first kappa shape index (κ1) is 14.0. The molecule has 0 aliphatic heterocycles. The molecule has 3 rings (SSSR count). The smallest absolute Gasteiger partial charge is 0.241 e. The van der Waals surface area contributed by atoms with Crippen molar-refractivity contribution in [2.24, 2.45) is 0 Å². The van der Waals surface area contributed by atoms with Gasteiger partial charge in [0.2, 0.25) is 10.0 Å². The lowest BCUT2D eigenvalue weighted by Crippen LogP contribution is -2.33. The molecule has 0 unspecified atom stereocenters. The largest absolute Gasteiger partial charge is 0.310 e. The molecule has 0 aromatic heterocycles. The highest BCUT2D eigenvalue weighted by molar-refractivity contribution is 7.89. The molecule has 110 valence electrons. The van der Waals surface area contributed by atoms with Gasteiger partial charge in [-0.15, -0.1) is 0 Å². The number of benzene rings is 1. The Balaban J connectivity index is 1.76. The van der Waals surface area contributed by atoms with Gasteiger partial charge in [-0.05, 0) is 37.3 Å². The lowest BCUT2D eigenvalue weighted by molar-refractivity contribution is 0.550. The third-order valence-corrected chi connectivity index (χ3v) is 5.72. The van der Waals surface area contributed by atoms with E-state index in [0.29, 0.717) is 17.5 Å². The standard InChI is InChI=1S/C15H22N2O2S/c18-20(19,17-14-6-2-3-7-14)15-8-4-1-5-12(15)11-16-13-9-10-13/h1,4-5,8,13-14,16-17H,2-3,6-7,9-11H2. The van der Waals surface area contributed by atoms with E-state index in [9.17, 15) is 8.42 Å². The third kappa shape index (κ3) is 3.40. The Morgan fingerprint density at radius 3 is 2.40 bits per heavy atom. The molecule has 2 fully saturated rings. The fourth-order valence-corrected chi connectivity index (χ4v) is 4.32. The van der Waals surface area contributed by atoms with E-state index in [1.807, 2.05) is 12.1 Å². The molecule has 20 heavy (non-hydrogen) atoms. The molecule has 0 bridgehead atoms. The summed E-state index contributed by atoms with van der Waals surface area (Å²) in [5.74, 6) is 0. The zero-order valence-corrected chi connectivity index (χ0v) is 12.5. The van der Waals surface area contributed by atoms with Crippen LogP contribution in [0.5, 0.6) is 0 Å². The molecule has 2 aliphatic rings. The van der Waals surface area contributed by atoms with E-state index < -0.39 is 10.0 Å². The Labute approximate surface area is 121 Å². The second-order valence-corrected chi connectivity index (χ2v) is 7.55. The van der Waals surface area contributed by atoms with Crippen LogP contribution in [0.3, 0.4) is 0 Å². The van der Waals surface area contributed by atoms with Crippen molar-refractivity contribution in [3.05, 3.63) is 29.8 Å². The fraction of sp³-hybridized carbons (Fsp3) is 0.600.